The van der Waals surface area contributed by atoms with Crippen LogP contribution in [0.1, 0.15) is 19.0 Å². The summed E-state index contributed by atoms with van der Waals surface area (Å²) in [6.45, 7) is 3.37. The predicted molar refractivity (Wildman–Crippen MR) is 80.8 cm³/mol. The van der Waals surface area contributed by atoms with Crippen LogP contribution in [0, 0.1) is 0 Å². The van der Waals surface area contributed by atoms with E-state index in [9.17, 15) is 4.79 Å². The Balaban J connectivity index is 2.01. The van der Waals surface area contributed by atoms with Gasteiger partial charge >= 0.3 is 0 Å². The van der Waals surface area contributed by atoms with Gasteiger partial charge in [-0.05, 0) is 22.4 Å². The highest BCUT2D eigenvalue weighted by molar-refractivity contribution is 9.10. The fraction of sp³-hybridized carbons (Fsp3) is 0.417. The zero-order valence-electron chi connectivity index (χ0n) is 10.6. The largest absolute Gasteiger partial charge is 0.382 e. The summed E-state index contributed by atoms with van der Waals surface area (Å²) in [5.74, 6) is 0. The van der Waals surface area contributed by atoms with Gasteiger partial charge in [-0.2, -0.15) is 5.10 Å². The third-order valence-corrected chi connectivity index (χ3v) is 4.00. The summed E-state index contributed by atoms with van der Waals surface area (Å²) in [7, 11) is 0. The SMILES string of the molecule is CCCn1ncc(NCCc2cscn2)c(Br)c1=O. The van der Waals surface area contributed by atoms with E-state index in [4.69, 9.17) is 0 Å². The third-order valence-electron chi connectivity index (χ3n) is 2.60. The first-order chi connectivity index (χ1) is 9.22. The first-order valence-electron chi connectivity index (χ1n) is 6.09. The molecule has 7 heteroatoms. The molecule has 0 spiro atoms. The van der Waals surface area contributed by atoms with Gasteiger partial charge < -0.3 is 5.32 Å². The Labute approximate surface area is 123 Å². The average molecular weight is 343 g/mol. The van der Waals surface area contributed by atoms with Gasteiger partial charge in [0.05, 0.1) is 23.1 Å². The highest BCUT2D eigenvalue weighted by atomic mass is 79.9. The van der Waals surface area contributed by atoms with Crippen molar-refractivity contribution in [3.8, 4) is 0 Å². The molecule has 0 bridgehead atoms. The van der Waals surface area contributed by atoms with Crippen molar-refractivity contribution in [3.63, 3.8) is 0 Å². The van der Waals surface area contributed by atoms with E-state index in [0.717, 1.165) is 30.8 Å². The zero-order valence-corrected chi connectivity index (χ0v) is 13.0. The maximum atomic E-state index is 12.0. The van der Waals surface area contributed by atoms with Crippen molar-refractivity contribution in [2.75, 3.05) is 11.9 Å². The fourth-order valence-electron chi connectivity index (χ4n) is 1.65. The van der Waals surface area contributed by atoms with E-state index < -0.39 is 0 Å². The Kier molecular flexibility index (Phi) is 5.09. The van der Waals surface area contributed by atoms with Crippen molar-refractivity contribution in [3.05, 3.63) is 37.6 Å². The van der Waals surface area contributed by atoms with Crippen LogP contribution in [0.2, 0.25) is 0 Å². The Morgan fingerprint density at radius 3 is 3.05 bits per heavy atom. The van der Waals surface area contributed by atoms with Crippen LogP contribution in [0.4, 0.5) is 5.69 Å². The molecular formula is C12H15BrN4OS. The van der Waals surface area contributed by atoms with E-state index >= 15 is 0 Å². The first kappa shape index (κ1) is 14.2. The van der Waals surface area contributed by atoms with Gasteiger partial charge in [0, 0.05) is 24.9 Å². The van der Waals surface area contributed by atoms with Gasteiger partial charge in [0.25, 0.3) is 5.56 Å². The quantitative estimate of drug-likeness (QED) is 0.876. The van der Waals surface area contributed by atoms with Crippen LogP contribution in [-0.4, -0.2) is 21.3 Å². The van der Waals surface area contributed by atoms with Crippen molar-refractivity contribution in [1.29, 1.82) is 0 Å². The Morgan fingerprint density at radius 2 is 2.37 bits per heavy atom. The van der Waals surface area contributed by atoms with E-state index in [-0.39, 0.29) is 5.56 Å². The molecule has 0 aliphatic rings. The van der Waals surface area contributed by atoms with Gasteiger partial charge in [-0.1, -0.05) is 6.92 Å². The summed E-state index contributed by atoms with van der Waals surface area (Å²) in [4.78, 5) is 16.2. The standard InChI is InChI=1S/C12H15BrN4OS/c1-2-5-17-12(18)11(13)10(6-16-17)14-4-3-9-7-19-8-15-9/h6-8,14H,2-5H2,1H3. The minimum atomic E-state index is -0.0968. The van der Waals surface area contributed by atoms with Gasteiger partial charge in [0.1, 0.15) is 4.47 Å². The van der Waals surface area contributed by atoms with Crippen LogP contribution >= 0.6 is 27.3 Å². The Bertz CT molecular complexity index is 582. The molecule has 2 heterocycles. The molecule has 0 unspecified atom stereocenters. The molecule has 19 heavy (non-hydrogen) atoms. The molecule has 1 N–H and O–H groups in total. The maximum absolute atomic E-state index is 12.0. The number of nitrogens with one attached hydrogen (secondary N) is 1. The number of rotatable bonds is 6. The predicted octanol–water partition coefficient (Wildman–Crippen LogP) is 2.53. The lowest BCUT2D eigenvalue weighted by Crippen LogP contribution is -2.24. The molecule has 5 nitrogen and oxygen atoms in total. The highest BCUT2D eigenvalue weighted by Crippen LogP contribution is 2.16. The normalized spacial score (nSPS) is 10.6. The van der Waals surface area contributed by atoms with Crippen LogP contribution < -0.4 is 10.9 Å². The van der Waals surface area contributed by atoms with Crippen molar-refractivity contribution in [2.24, 2.45) is 0 Å². The third kappa shape index (κ3) is 3.63. The fourth-order valence-corrected chi connectivity index (χ4v) is 2.69. The molecule has 0 aliphatic heterocycles. The number of aryl methyl sites for hydroxylation is 1. The van der Waals surface area contributed by atoms with Gasteiger partial charge in [0.15, 0.2) is 0 Å². The number of thiazole rings is 1. The molecular weight excluding hydrogens is 328 g/mol. The number of halogens is 1. The van der Waals surface area contributed by atoms with Crippen molar-refractivity contribution < 1.29 is 0 Å². The topological polar surface area (TPSA) is 59.8 Å². The summed E-state index contributed by atoms with van der Waals surface area (Å²) >= 11 is 4.92. The number of hydrogen-bond donors (Lipinski definition) is 1. The van der Waals surface area contributed by atoms with E-state index in [2.05, 4.69) is 31.3 Å². The Hall–Kier alpha value is -1.21. The molecule has 0 fully saturated rings. The summed E-state index contributed by atoms with van der Waals surface area (Å²) in [5.41, 5.74) is 3.51. The lowest BCUT2D eigenvalue weighted by molar-refractivity contribution is 0.566. The van der Waals surface area contributed by atoms with Crippen molar-refractivity contribution in [1.82, 2.24) is 14.8 Å². The summed E-state index contributed by atoms with van der Waals surface area (Å²) in [6.07, 6.45) is 3.39. The average Bonchev–Trinajstić information content (AvgIpc) is 2.91. The molecule has 0 aliphatic carbocycles. The molecule has 102 valence electrons. The van der Waals surface area contributed by atoms with E-state index in [1.807, 2.05) is 17.8 Å². The minimum Gasteiger partial charge on any atom is -0.382 e. The highest BCUT2D eigenvalue weighted by Gasteiger charge is 2.07. The number of hydrogen-bond acceptors (Lipinski definition) is 5. The molecule has 0 atom stereocenters. The van der Waals surface area contributed by atoms with E-state index in [0.29, 0.717) is 11.0 Å². The molecule has 0 saturated heterocycles. The molecule has 2 rings (SSSR count). The number of aromatic nitrogens is 3. The van der Waals surface area contributed by atoms with Crippen LogP contribution in [-0.2, 0) is 13.0 Å². The summed E-state index contributed by atoms with van der Waals surface area (Å²) in [6, 6.07) is 0. The zero-order chi connectivity index (χ0) is 13.7. The lowest BCUT2D eigenvalue weighted by Gasteiger charge is -2.09. The second-order valence-electron chi connectivity index (χ2n) is 4.06. The van der Waals surface area contributed by atoms with Gasteiger partial charge in [-0.15, -0.1) is 11.3 Å². The molecule has 0 saturated carbocycles. The molecule has 2 aromatic heterocycles. The Morgan fingerprint density at radius 1 is 1.53 bits per heavy atom. The maximum Gasteiger partial charge on any atom is 0.283 e. The first-order valence-corrected chi connectivity index (χ1v) is 7.82. The molecule has 0 radical (unpaired) electrons. The van der Waals surface area contributed by atoms with Crippen molar-refractivity contribution >= 4 is 33.0 Å². The van der Waals surface area contributed by atoms with Gasteiger partial charge in [0.2, 0.25) is 0 Å². The van der Waals surface area contributed by atoms with E-state index in [1.165, 1.54) is 4.68 Å². The molecule has 0 amide bonds. The van der Waals surface area contributed by atoms with Crippen LogP contribution in [0.5, 0.6) is 0 Å². The second kappa shape index (κ2) is 6.81. The van der Waals surface area contributed by atoms with Crippen LogP contribution in [0.25, 0.3) is 0 Å². The smallest absolute Gasteiger partial charge is 0.283 e. The summed E-state index contributed by atoms with van der Waals surface area (Å²) in [5, 5.41) is 9.37. The number of anilines is 1. The lowest BCUT2D eigenvalue weighted by atomic mass is 10.3. The summed E-state index contributed by atoms with van der Waals surface area (Å²) < 4.78 is 2.00. The second-order valence-corrected chi connectivity index (χ2v) is 5.57. The van der Waals surface area contributed by atoms with E-state index in [1.54, 1.807) is 17.5 Å². The van der Waals surface area contributed by atoms with Crippen molar-refractivity contribution in [2.45, 2.75) is 26.3 Å². The number of nitrogens with zero attached hydrogens (tertiary/aromatic N) is 3. The molecule has 0 aromatic carbocycles. The minimum absolute atomic E-state index is 0.0968. The molecule has 2 aromatic rings. The van der Waals surface area contributed by atoms with Crippen LogP contribution in [0.3, 0.4) is 0 Å². The van der Waals surface area contributed by atoms with Gasteiger partial charge in [-0.25, -0.2) is 9.67 Å². The van der Waals surface area contributed by atoms with Gasteiger partial charge in [-0.3, -0.25) is 4.79 Å². The monoisotopic (exact) mass is 342 g/mol. The van der Waals surface area contributed by atoms with Crippen LogP contribution in [0.15, 0.2) is 26.4 Å².